The molecule has 0 amide bonds. The van der Waals surface area contributed by atoms with E-state index < -0.39 is 23.1 Å². The number of nitrogens with zero attached hydrogens (tertiary/aromatic N) is 2. The van der Waals surface area contributed by atoms with Gasteiger partial charge in [0.2, 0.25) is 0 Å². The first-order valence-corrected chi connectivity index (χ1v) is 14.4. The van der Waals surface area contributed by atoms with Gasteiger partial charge >= 0.3 is 17.9 Å². The summed E-state index contributed by atoms with van der Waals surface area (Å²) in [6, 6.07) is 11.6. The zero-order valence-electron chi connectivity index (χ0n) is 25.3. The number of unbranched alkanes of at least 4 members (excludes halogenated alkanes) is 1. The van der Waals surface area contributed by atoms with E-state index in [9.17, 15) is 24.5 Å². The highest BCUT2D eigenvalue weighted by Crippen LogP contribution is 2.32. The second kappa shape index (κ2) is 20.0. The maximum atomic E-state index is 13.4. The van der Waals surface area contributed by atoms with Crippen molar-refractivity contribution in [3.63, 3.8) is 0 Å². The minimum atomic E-state index is -0.912. The van der Waals surface area contributed by atoms with Crippen molar-refractivity contribution >= 4 is 36.4 Å². The average Bonchev–Trinajstić information content (AvgIpc) is 3.02. The number of benzene rings is 2. The highest BCUT2D eigenvalue weighted by Gasteiger charge is 2.25. The Labute approximate surface area is 267 Å². The molecule has 2 aromatic carbocycles. The van der Waals surface area contributed by atoms with Gasteiger partial charge in [-0.2, -0.15) is 0 Å². The molecule has 0 radical (unpaired) electrons. The average molecular weight is 651 g/mol. The van der Waals surface area contributed by atoms with Crippen LogP contribution < -0.4 is 9.47 Å². The van der Waals surface area contributed by atoms with Gasteiger partial charge in [0, 0.05) is 31.1 Å². The van der Waals surface area contributed by atoms with Crippen molar-refractivity contribution < 1.29 is 48.0 Å². The van der Waals surface area contributed by atoms with Crippen molar-refractivity contribution in [2.24, 2.45) is 0 Å². The van der Waals surface area contributed by atoms with E-state index in [-0.39, 0.29) is 61.6 Å². The fraction of sp³-hybridized carbons (Fsp3) is 0.452. The summed E-state index contributed by atoms with van der Waals surface area (Å²) in [5, 5.41) is 9.22. The lowest BCUT2D eigenvalue weighted by molar-refractivity contribution is -0.757. The number of morpholine rings is 1. The highest BCUT2D eigenvalue weighted by molar-refractivity contribution is 5.93. The van der Waals surface area contributed by atoms with Crippen molar-refractivity contribution in [3.05, 3.63) is 75.3 Å². The molecule has 0 spiro atoms. The summed E-state index contributed by atoms with van der Waals surface area (Å²) in [4.78, 5) is 54.5. The van der Waals surface area contributed by atoms with Crippen molar-refractivity contribution in [3.8, 4) is 11.5 Å². The number of carbonyl (C=O) groups is 3. The number of methoxy groups -OCH3 is 1. The number of hydrogen-bond acceptors (Lipinski definition) is 12. The first-order valence-electron chi connectivity index (χ1n) is 14.4. The van der Waals surface area contributed by atoms with Gasteiger partial charge in [0.1, 0.15) is 6.10 Å². The fourth-order valence-electron chi connectivity index (χ4n) is 4.38. The lowest BCUT2D eigenvalue weighted by Crippen LogP contribution is -2.40. The molecular formula is C31H39ClN2O11. The normalized spacial score (nSPS) is 13.7. The van der Waals surface area contributed by atoms with Crippen LogP contribution in [-0.2, 0) is 28.6 Å². The van der Waals surface area contributed by atoms with Crippen LogP contribution in [0.2, 0.25) is 0 Å². The summed E-state index contributed by atoms with van der Waals surface area (Å²) < 4.78 is 27.4. The highest BCUT2D eigenvalue weighted by atomic mass is 35.5. The van der Waals surface area contributed by atoms with E-state index in [1.54, 1.807) is 36.4 Å². The summed E-state index contributed by atoms with van der Waals surface area (Å²) in [6.45, 7) is 4.42. The molecule has 1 fully saturated rings. The number of esters is 3. The molecule has 1 aliphatic rings. The lowest BCUT2D eigenvalue weighted by atomic mass is 9.98. The zero-order chi connectivity index (χ0) is 31.7. The molecule has 0 saturated carbocycles. The number of ether oxygens (including phenoxy) is 5. The van der Waals surface area contributed by atoms with E-state index in [0.717, 1.165) is 12.8 Å². The van der Waals surface area contributed by atoms with E-state index in [1.807, 2.05) is 11.8 Å². The van der Waals surface area contributed by atoms with E-state index in [0.29, 0.717) is 43.9 Å². The van der Waals surface area contributed by atoms with E-state index >= 15 is 0 Å². The molecule has 1 atom stereocenters. The van der Waals surface area contributed by atoms with Gasteiger partial charge in [-0.15, -0.1) is 22.5 Å². The Balaban J connectivity index is 0.00000705. The largest absolute Gasteiger partial charge is 0.493 e. The third-order valence-corrected chi connectivity index (χ3v) is 6.61. The molecule has 0 bridgehead atoms. The van der Waals surface area contributed by atoms with Gasteiger partial charge in [-0.3, -0.25) is 9.69 Å². The number of halogens is 1. The Morgan fingerprint density at radius 2 is 1.82 bits per heavy atom. The minimum Gasteiger partial charge on any atom is -0.493 e. The Kier molecular flexibility index (Phi) is 16.4. The van der Waals surface area contributed by atoms with Gasteiger partial charge in [0.25, 0.3) is 5.09 Å². The number of rotatable bonds is 17. The monoisotopic (exact) mass is 650 g/mol. The lowest BCUT2D eigenvalue weighted by Gasteiger charge is -2.27. The molecule has 45 heavy (non-hydrogen) atoms. The maximum Gasteiger partial charge on any atom is 0.344 e. The molecule has 0 aromatic heterocycles. The minimum absolute atomic E-state index is 0. The summed E-state index contributed by atoms with van der Waals surface area (Å²) in [5.41, 5.74) is 1.40. The molecule has 2 aromatic rings. The molecule has 14 heteroatoms. The topological polar surface area (TPSA) is 153 Å². The van der Waals surface area contributed by atoms with Crippen LogP contribution in [-0.4, -0.2) is 81.1 Å². The van der Waals surface area contributed by atoms with Gasteiger partial charge in [0.05, 0.1) is 45.6 Å². The van der Waals surface area contributed by atoms with E-state index in [4.69, 9.17) is 23.7 Å². The van der Waals surface area contributed by atoms with E-state index in [1.165, 1.54) is 25.3 Å². The standard InChI is InChI=1S/C31H38N2O11.ClH/c1-3-4-10-26(43-30(35)22-32-15-19-40-20-16-32)24-8-5-6-9-25(24)31(36)44-27-13-11-23(21-28(27)39-2)12-14-29(34)41-17-7-18-42-33(37)38;/h5-6,8-9,11-14,21,26H,3-4,7,10,15-20,22H2,1-2H3;1H/b14-12+;. The second-order valence-corrected chi connectivity index (χ2v) is 9.81. The van der Waals surface area contributed by atoms with Crippen LogP contribution in [0.15, 0.2) is 48.5 Å². The van der Waals surface area contributed by atoms with Crippen LogP contribution in [0.3, 0.4) is 0 Å². The first-order chi connectivity index (χ1) is 21.3. The Morgan fingerprint density at radius 3 is 2.53 bits per heavy atom. The van der Waals surface area contributed by atoms with Crippen molar-refractivity contribution in [2.45, 2.75) is 38.7 Å². The summed E-state index contributed by atoms with van der Waals surface area (Å²) in [7, 11) is 1.42. The van der Waals surface area contributed by atoms with Crippen molar-refractivity contribution in [1.29, 1.82) is 0 Å². The van der Waals surface area contributed by atoms with Gasteiger partial charge in [0.15, 0.2) is 11.5 Å². The van der Waals surface area contributed by atoms with E-state index in [2.05, 4.69) is 4.84 Å². The molecule has 1 heterocycles. The zero-order valence-corrected chi connectivity index (χ0v) is 26.2. The predicted molar refractivity (Wildman–Crippen MR) is 165 cm³/mol. The Bertz CT molecular complexity index is 1300. The molecule has 1 unspecified atom stereocenters. The third kappa shape index (κ3) is 12.7. The second-order valence-electron chi connectivity index (χ2n) is 9.81. The SMILES string of the molecule is CCCCC(OC(=O)CN1CCOCC1)c1ccccc1C(=O)Oc1ccc(/C=C/C(=O)OCCCO[N+](=O)[O-])cc1OC.Cl. The molecule has 246 valence electrons. The van der Waals surface area contributed by atoms with Gasteiger partial charge in [-0.25, -0.2) is 9.59 Å². The van der Waals surface area contributed by atoms with Crippen LogP contribution >= 0.6 is 12.4 Å². The Morgan fingerprint density at radius 1 is 1.07 bits per heavy atom. The summed E-state index contributed by atoms with van der Waals surface area (Å²) in [5.74, 6) is -1.23. The summed E-state index contributed by atoms with van der Waals surface area (Å²) >= 11 is 0. The van der Waals surface area contributed by atoms with Crippen LogP contribution in [0.4, 0.5) is 0 Å². The van der Waals surface area contributed by atoms with Crippen LogP contribution in [0.25, 0.3) is 6.08 Å². The smallest absolute Gasteiger partial charge is 0.344 e. The Hall–Kier alpha value is -4.20. The quantitative estimate of drug-likeness (QED) is 0.0587. The van der Waals surface area contributed by atoms with Crippen LogP contribution in [0.1, 0.15) is 60.2 Å². The maximum absolute atomic E-state index is 13.4. The molecule has 13 nitrogen and oxygen atoms in total. The molecule has 0 aliphatic carbocycles. The third-order valence-electron chi connectivity index (χ3n) is 6.61. The van der Waals surface area contributed by atoms with Crippen molar-refractivity contribution in [1.82, 2.24) is 4.90 Å². The van der Waals surface area contributed by atoms with Crippen molar-refractivity contribution in [2.75, 3.05) is 53.2 Å². The molecule has 3 rings (SSSR count). The molecule has 1 aliphatic heterocycles. The predicted octanol–water partition coefficient (Wildman–Crippen LogP) is 4.60. The van der Waals surface area contributed by atoms with Gasteiger partial charge < -0.3 is 28.5 Å². The molecule has 0 N–H and O–H groups in total. The first kappa shape index (κ1) is 37.0. The number of carbonyl (C=O) groups excluding carboxylic acids is 3. The van der Waals surface area contributed by atoms with Gasteiger partial charge in [-0.05, 0) is 42.7 Å². The van der Waals surface area contributed by atoms with Crippen LogP contribution in [0.5, 0.6) is 11.5 Å². The van der Waals surface area contributed by atoms with Crippen LogP contribution in [0, 0.1) is 10.1 Å². The van der Waals surface area contributed by atoms with Gasteiger partial charge in [-0.1, -0.05) is 37.6 Å². The molecule has 1 saturated heterocycles. The molecular weight excluding hydrogens is 612 g/mol. The fourth-order valence-corrected chi connectivity index (χ4v) is 4.38. The summed E-state index contributed by atoms with van der Waals surface area (Å²) in [6.07, 6.45) is 4.47. The number of hydrogen-bond donors (Lipinski definition) is 0.